The number of carbonyl (C=O) groups is 1. The van der Waals surface area contributed by atoms with Gasteiger partial charge in [-0.15, -0.1) is 11.3 Å². The average Bonchev–Trinajstić information content (AvgIpc) is 3.20. The van der Waals surface area contributed by atoms with Crippen LogP contribution in [0.25, 0.3) is 21.0 Å². The van der Waals surface area contributed by atoms with E-state index in [2.05, 4.69) is 15.4 Å². The first-order chi connectivity index (χ1) is 13.7. The van der Waals surface area contributed by atoms with Crippen LogP contribution in [0.1, 0.15) is 16.1 Å². The van der Waals surface area contributed by atoms with E-state index in [0.717, 1.165) is 15.6 Å². The number of nitrogens with zero attached hydrogens (tertiary/aromatic N) is 3. The Hall–Kier alpha value is -3.10. The number of rotatable bonds is 6. The standard InChI is InChI=1S/C20H18N4O3S/c1-27-9-8-24-20(26)15-5-3-2-4-14(15)17(23-24)11-21-19(25)13-6-7-16-18(10-13)28-12-22-16/h2-7,10,12H,8-9,11H2,1H3,(H,21,25). The molecule has 0 bridgehead atoms. The summed E-state index contributed by atoms with van der Waals surface area (Å²) in [6, 6.07) is 12.7. The molecule has 7 nitrogen and oxygen atoms in total. The molecule has 0 spiro atoms. The molecule has 0 radical (unpaired) electrons. The third kappa shape index (κ3) is 3.51. The predicted molar refractivity (Wildman–Crippen MR) is 109 cm³/mol. The summed E-state index contributed by atoms with van der Waals surface area (Å²) in [5.74, 6) is -0.198. The van der Waals surface area contributed by atoms with Crippen molar-refractivity contribution in [3.05, 3.63) is 69.6 Å². The van der Waals surface area contributed by atoms with Crippen molar-refractivity contribution in [2.75, 3.05) is 13.7 Å². The summed E-state index contributed by atoms with van der Waals surface area (Å²) in [6.07, 6.45) is 0. The van der Waals surface area contributed by atoms with Gasteiger partial charge in [-0.05, 0) is 24.3 Å². The lowest BCUT2D eigenvalue weighted by Gasteiger charge is -2.11. The van der Waals surface area contributed by atoms with Crippen molar-refractivity contribution in [3.8, 4) is 0 Å². The lowest BCUT2D eigenvalue weighted by atomic mass is 10.1. The number of fused-ring (bicyclic) bond motifs is 2. The number of carbonyl (C=O) groups excluding carboxylic acids is 1. The molecule has 4 rings (SSSR count). The number of benzene rings is 2. The van der Waals surface area contributed by atoms with Crippen LogP contribution in [-0.2, 0) is 17.8 Å². The molecular formula is C20H18N4O3S. The van der Waals surface area contributed by atoms with E-state index in [4.69, 9.17) is 4.74 Å². The third-order valence-electron chi connectivity index (χ3n) is 4.46. The van der Waals surface area contributed by atoms with E-state index in [0.29, 0.717) is 29.8 Å². The van der Waals surface area contributed by atoms with E-state index in [1.807, 2.05) is 30.3 Å². The summed E-state index contributed by atoms with van der Waals surface area (Å²) in [6.45, 7) is 0.947. The summed E-state index contributed by atoms with van der Waals surface area (Å²) < 4.78 is 7.41. The van der Waals surface area contributed by atoms with E-state index >= 15 is 0 Å². The number of methoxy groups -OCH3 is 1. The maximum absolute atomic E-state index is 12.6. The Bertz CT molecular complexity index is 1220. The molecule has 0 aliphatic rings. The second-order valence-electron chi connectivity index (χ2n) is 6.23. The Morgan fingerprint density at radius 2 is 2.04 bits per heavy atom. The molecule has 2 heterocycles. The lowest BCUT2D eigenvalue weighted by molar-refractivity contribution is 0.0950. The van der Waals surface area contributed by atoms with Gasteiger partial charge >= 0.3 is 0 Å². The molecular weight excluding hydrogens is 376 g/mol. The molecule has 4 aromatic rings. The van der Waals surface area contributed by atoms with Gasteiger partial charge in [0.2, 0.25) is 0 Å². The molecule has 0 aliphatic heterocycles. The Balaban J connectivity index is 1.62. The van der Waals surface area contributed by atoms with E-state index in [1.165, 1.54) is 16.0 Å². The highest BCUT2D eigenvalue weighted by Crippen LogP contribution is 2.19. The van der Waals surface area contributed by atoms with Crippen LogP contribution in [0.4, 0.5) is 0 Å². The van der Waals surface area contributed by atoms with Gasteiger partial charge < -0.3 is 10.1 Å². The average molecular weight is 394 g/mol. The zero-order chi connectivity index (χ0) is 19.5. The van der Waals surface area contributed by atoms with Gasteiger partial charge in [0.1, 0.15) is 0 Å². The monoisotopic (exact) mass is 394 g/mol. The highest BCUT2D eigenvalue weighted by Gasteiger charge is 2.13. The minimum atomic E-state index is -0.198. The van der Waals surface area contributed by atoms with Gasteiger partial charge in [0.05, 0.1) is 46.5 Å². The molecule has 0 saturated heterocycles. The molecule has 142 valence electrons. The van der Waals surface area contributed by atoms with Gasteiger partial charge in [0.15, 0.2) is 0 Å². The number of ether oxygens (including phenoxy) is 1. The van der Waals surface area contributed by atoms with Crippen LogP contribution in [0.15, 0.2) is 52.8 Å². The second kappa shape index (κ2) is 7.87. The minimum absolute atomic E-state index is 0.168. The molecule has 0 atom stereocenters. The zero-order valence-electron chi connectivity index (χ0n) is 15.2. The van der Waals surface area contributed by atoms with Gasteiger partial charge in [0.25, 0.3) is 11.5 Å². The van der Waals surface area contributed by atoms with Crippen molar-refractivity contribution in [1.82, 2.24) is 20.1 Å². The Labute approximate surface area is 164 Å². The number of aromatic nitrogens is 3. The molecule has 0 saturated carbocycles. The SMILES string of the molecule is COCCn1nc(CNC(=O)c2ccc3ncsc3c2)c2ccccc2c1=O. The van der Waals surface area contributed by atoms with E-state index in [9.17, 15) is 9.59 Å². The smallest absolute Gasteiger partial charge is 0.274 e. The number of nitrogens with one attached hydrogen (secondary N) is 1. The first-order valence-corrected chi connectivity index (χ1v) is 9.64. The Kier molecular flexibility index (Phi) is 5.14. The maximum atomic E-state index is 12.6. The van der Waals surface area contributed by atoms with E-state index in [-0.39, 0.29) is 18.0 Å². The van der Waals surface area contributed by atoms with Gasteiger partial charge in [-0.3, -0.25) is 9.59 Å². The molecule has 2 aromatic carbocycles. The van der Waals surface area contributed by atoms with Crippen LogP contribution >= 0.6 is 11.3 Å². The minimum Gasteiger partial charge on any atom is -0.383 e. The molecule has 8 heteroatoms. The Morgan fingerprint density at radius 3 is 2.86 bits per heavy atom. The third-order valence-corrected chi connectivity index (χ3v) is 5.25. The number of hydrogen-bond acceptors (Lipinski definition) is 6. The summed E-state index contributed by atoms with van der Waals surface area (Å²) in [5.41, 5.74) is 3.66. The van der Waals surface area contributed by atoms with Crippen LogP contribution in [-0.4, -0.2) is 34.4 Å². The molecule has 0 aliphatic carbocycles. The molecule has 28 heavy (non-hydrogen) atoms. The zero-order valence-corrected chi connectivity index (χ0v) is 16.0. The second-order valence-corrected chi connectivity index (χ2v) is 7.12. The first-order valence-electron chi connectivity index (χ1n) is 8.76. The summed E-state index contributed by atoms with van der Waals surface area (Å²) in [5, 5.41) is 8.66. The number of thiazole rings is 1. The molecule has 2 aromatic heterocycles. The number of amides is 1. The van der Waals surface area contributed by atoms with Gasteiger partial charge in [0, 0.05) is 18.1 Å². The van der Waals surface area contributed by atoms with Crippen molar-refractivity contribution in [2.24, 2.45) is 0 Å². The van der Waals surface area contributed by atoms with Gasteiger partial charge in [-0.2, -0.15) is 5.10 Å². The quantitative estimate of drug-likeness (QED) is 0.543. The van der Waals surface area contributed by atoms with Gasteiger partial charge in [-0.1, -0.05) is 18.2 Å². The van der Waals surface area contributed by atoms with Crippen molar-refractivity contribution >= 4 is 38.2 Å². The molecule has 0 unspecified atom stereocenters. The summed E-state index contributed by atoms with van der Waals surface area (Å²) >= 11 is 1.49. The fraction of sp³-hybridized carbons (Fsp3) is 0.200. The van der Waals surface area contributed by atoms with Crippen LogP contribution < -0.4 is 10.9 Å². The van der Waals surface area contributed by atoms with E-state index < -0.39 is 0 Å². The normalized spacial score (nSPS) is 11.2. The fourth-order valence-electron chi connectivity index (χ4n) is 3.03. The lowest BCUT2D eigenvalue weighted by Crippen LogP contribution is -2.29. The molecule has 1 amide bonds. The topological polar surface area (TPSA) is 86.1 Å². The fourth-order valence-corrected chi connectivity index (χ4v) is 3.74. The van der Waals surface area contributed by atoms with Crippen molar-refractivity contribution < 1.29 is 9.53 Å². The number of hydrogen-bond donors (Lipinski definition) is 1. The predicted octanol–water partition coefficient (Wildman–Crippen LogP) is 2.58. The molecule has 1 N–H and O–H groups in total. The van der Waals surface area contributed by atoms with Crippen molar-refractivity contribution in [2.45, 2.75) is 13.1 Å². The first kappa shape index (κ1) is 18.3. The van der Waals surface area contributed by atoms with Crippen molar-refractivity contribution in [1.29, 1.82) is 0 Å². The highest BCUT2D eigenvalue weighted by molar-refractivity contribution is 7.16. The molecule has 0 fully saturated rings. The van der Waals surface area contributed by atoms with E-state index in [1.54, 1.807) is 24.8 Å². The van der Waals surface area contributed by atoms with Crippen LogP contribution in [0.3, 0.4) is 0 Å². The van der Waals surface area contributed by atoms with Gasteiger partial charge in [-0.25, -0.2) is 9.67 Å². The maximum Gasteiger partial charge on any atom is 0.274 e. The largest absolute Gasteiger partial charge is 0.383 e. The summed E-state index contributed by atoms with van der Waals surface area (Å²) in [4.78, 5) is 29.4. The van der Waals surface area contributed by atoms with Crippen LogP contribution in [0.5, 0.6) is 0 Å². The van der Waals surface area contributed by atoms with Crippen molar-refractivity contribution in [3.63, 3.8) is 0 Å². The highest BCUT2D eigenvalue weighted by atomic mass is 32.1. The summed E-state index contributed by atoms with van der Waals surface area (Å²) in [7, 11) is 1.58. The van der Waals surface area contributed by atoms with Crippen LogP contribution in [0, 0.1) is 0 Å². The Morgan fingerprint density at radius 1 is 1.21 bits per heavy atom. The van der Waals surface area contributed by atoms with Crippen LogP contribution in [0.2, 0.25) is 0 Å².